The van der Waals surface area contributed by atoms with Crippen LogP contribution in [-0.2, 0) is 17.7 Å². The van der Waals surface area contributed by atoms with Crippen molar-refractivity contribution in [1.82, 2.24) is 9.55 Å². The van der Waals surface area contributed by atoms with Gasteiger partial charge < -0.3 is 9.30 Å². The number of benzene rings is 1. The summed E-state index contributed by atoms with van der Waals surface area (Å²) >= 11 is 8.25. The normalized spacial score (nSPS) is 19.6. The van der Waals surface area contributed by atoms with Crippen molar-refractivity contribution < 1.29 is 4.74 Å². The molecule has 1 saturated heterocycles. The van der Waals surface area contributed by atoms with Crippen molar-refractivity contribution in [2.24, 2.45) is 0 Å². The van der Waals surface area contributed by atoms with Crippen molar-refractivity contribution in [3.63, 3.8) is 0 Å². The fraction of sp³-hybridized carbons (Fsp3) is 0.533. The highest BCUT2D eigenvalue weighted by Crippen LogP contribution is 2.22. The zero-order valence-electron chi connectivity index (χ0n) is 11.3. The van der Waals surface area contributed by atoms with Gasteiger partial charge in [0.1, 0.15) is 5.82 Å². The van der Waals surface area contributed by atoms with Crippen LogP contribution in [-0.4, -0.2) is 28.1 Å². The van der Waals surface area contributed by atoms with Gasteiger partial charge >= 0.3 is 0 Å². The first-order chi connectivity index (χ1) is 9.78. The minimum atomic E-state index is 0.314. The molecule has 0 N–H and O–H groups in total. The van der Waals surface area contributed by atoms with Crippen LogP contribution in [0.5, 0.6) is 0 Å². The van der Waals surface area contributed by atoms with Gasteiger partial charge in [0.15, 0.2) is 0 Å². The van der Waals surface area contributed by atoms with E-state index in [1.54, 1.807) is 0 Å². The molecular weight excluding hydrogens is 387 g/mol. The lowest BCUT2D eigenvalue weighted by atomic mass is 10.1. The molecule has 0 amide bonds. The van der Waals surface area contributed by atoms with Crippen LogP contribution in [0.3, 0.4) is 0 Å². The number of nitrogens with zero attached hydrogens (tertiary/aromatic N) is 2. The highest BCUT2D eigenvalue weighted by Gasteiger charge is 2.18. The predicted molar refractivity (Wildman–Crippen MR) is 90.5 cm³/mol. The molecule has 1 aliphatic heterocycles. The molecule has 1 unspecified atom stereocenters. The molecule has 1 aromatic heterocycles. The van der Waals surface area contributed by atoms with E-state index in [-0.39, 0.29) is 0 Å². The Balaban J connectivity index is 1.95. The van der Waals surface area contributed by atoms with E-state index in [2.05, 4.69) is 45.4 Å². The molecule has 0 spiro atoms. The second kappa shape index (κ2) is 6.62. The van der Waals surface area contributed by atoms with Crippen LogP contribution < -0.4 is 0 Å². The number of aryl methyl sites for hydroxylation is 1. The van der Waals surface area contributed by atoms with E-state index in [1.807, 2.05) is 0 Å². The minimum absolute atomic E-state index is 0.314. The van der Waals surface area contributed by atoms with E-state index in [1.165, 1.54) is 21.9 Å². The van der Waals surface area contributed by atoms with E-state index >= 15 is 0 Å². The molecular formula is C15H18ClIN2O. The number of ether oxygens (including phenoxy) is 1. The van der Waals surface area contributed by atoms with Crippen LogP contribution in [0.1, 0.15) is 25.1 Å². The van der Waals surface area contributed by atoms with Crippen molar-refractivity contribution in [2.75, 3.05) is 12.5 Å². The molecule has 5 heteroatoms. The summed E-state index contributed by atoms with van der Waals surface area (Å²) < 4.78 is 9.38. The standard InChI is InChI=1S/C15H18ClIN2O/c16-7-6-15-18-13-9-11(17)4-5-14(13)19(15)10-12-3-1-2-8-20-12/h4-5,9,12H,1-3,6-8,10H2. The Morgan fingerprint density at radius 3 is 3.05 bits per heavy atom. The van der Waals surface area contributed by atoms with Gasteiger partial charge in [-0.05, 0) is 60.1 Å². The Morgan fingerprint density at radius 2 is 2.30 bits per heavy atom. The van der Waals surface area contributed by atoms with Crippen LogP contribution in [0, 0.1) is 3.57 Å². The smallest absolute Gasteiger partial charge is 0.111 e. The summed E-state index contributed by atoms with van der Waals surface area (Å²) in [7, 11) is 0. The van der Waals surface area contributed by atoms with Gasteiger partial charge in [0.2, 0.25) is 0 Å². The summed E-state index contributed by atoms with van der Waals surface area (Å²) in [6.45, 7) is 1.78. The molecule has 1 aromatic carbocycles. The summed E-state index contributed by atoms with van der Waals surface area (Å²) in [6, 6.07) is 6.42. The summed E-state index contributed by atoms with van der Waals surface area (Å²) in [6.07, 6.45) is 4.71. The van der Waals surface area contributed by atoms with Gasteiger partial charge in [-0.25, -0.2) is 4.98 Å². The fourth-order valence-corrected chi connectivity index (χ4v) is 3.43. The maximum absolute atomic E-state index is 5.92. The monoisotopic (exact) mass is 404 g/mol. The van der Waals surface area contributed by atoms with Crippen LogP contribution in [0.15, 0.2) is 18.2 Å². The summed E-state index contributed by atoms with van der Waals surface area (Å²) in [4.78, 5) is 4.75. The minimum Gasteiger partial charge on any atom is -0.376 e. The van der Waals surface area contributed by atoms with Crippen LogP contribution >= 0.6 is 34.2 Å². The molecule has 1 aliphatic rings. The SMILES string of the molecule is ClCCc1nc2cc(I)ccc2n1CC1CCCCO1. The Hall–Kier alpha value is -0.330. The van der Waals surface area contributed by atoms with Crippen LogP contribution in [0.2, 0.25) is 0 Å². The molecule has 3 nitrogen and oxygen atoms in total. The molecule has 2 heterocycles. The Morgan fingerprint density at radius 1 is 1.40 bits per heavy atom. The zero-order valence-corrected chi connectivity index (χ0v) is 14.2. The quantitative estimate of drug-likeness (QED) is 0.569. The van der Waals surface area contributed by atoms with Gasteiger partial charge in [-0.15, -0.1) is 11.6 Å². The molecule has 2 aromatic rings. The van der Waals surface area contributed by atoms with Gasteiger partial charge in [-0.1, -0.05) is 0 Å². The van der Waals surface area contributed by atoms with Crippen molar-refractivity contribution in [3.8, 4) is 0 Å². The van der Waals surface area contributed by atoms with Gasteiger partial charge in [0, 0.05) is 22.5 Å². The van der Waals surface area contributed by atoms with Crippen LogP contribution in [0.4, 0.5) is 0 Å². The zero-order chi connectivity index (χ0) is 13.9. The molecule has 0 bridgehead atoms. The number of fused-ring (bicyclic) bond motifs is 1. The summed E-state index contributed by atoms with van der Waals surface area (Å²) in [5.74, 6) is 1.68. The lowest BCUT2D eigenvalue weighted by molar-refractivity contribution is 0.00621. The molecule has 0 radical (unpaired) electrons. The van der Waals surface area contributed by atoms with E-state index in [9.17, 15) is 0 Å². The average molecular weight is 405 g/mol. The number of rotatable bonds is 4. The maximum Gasteiger partial charge on any atom is 0.111 e. The number of hydrogen-bond acceptors (Lipinski definition) is 2. The molecule has 1 fully saturated rings. The highest BCUT2D eigenvalue weighted by atomic mass is 127. The van der Waals surface area contributed by atoms with Gasteiger partial charge in [0.25, 0.3) is 0 Å². The van der Waals surface area contributed by atoms with Gasteiger partial charge in [-0.2, -0.15) is 0 Å². The highest BCUT2D eigenvalue weighted by molar-refractivity contribution is 14.1. The molecule has 0 saturated carbocycles. The third-order valence-corrected chi connectivity index (χ3v) is 4.63. The van der Waals surface area contributed by atoms with Crippen molar-refractivity contribution in [1.29, 1.82) is 0 Å². The third-order valence-electron chi connectivity index (χ3n) is 3.77. The third kappa shape index (κ3) is 3.12. The lowest BCUT2D eigenvalue weighted by Gasteiger charge is -2.24. The summed E-state index contributed by atoms with van der Waals surface area (Å²) in [5.41, 5.74) is 2.26. The van der Waals surface area contributed by atoms with E-state index in [4.69, 9.17) is 21.3 Å². The second-order valence-corrected chi connectivity index (χ2v) is 6.82. The number of imidazole rings is 1. The van der Waals surface area contributed by atoms with E-state index < -0.39 is 0 Å². The molecule has 20 heavy (non-hydrogen) atoms. The lowest BCUT2D eigenvalue weighted by Crippen LogP contribution is -2.25. The van der Waals surface area contributed by atoms with Crippen LogP contribution in [0.25, 0.3) is 11.0 Å². The fourth-order valence-electron chi connectivity index (χ4n) is 2.79. The number of alkyl halides is 1. The van der Waals surface area contributed by atoms with E-state index in [0.717, 1.165) is 37.3 Å². The predicted octanol–water partition coefficient (Wildman–Crippen LogP) is 3.99. The first kappa shape index (κ1) is 14.6. The van der Waals surface area contributed by atoms with Gasteiger partial charge in [-0.3, -0.25) is 0 Å². The molecule has 108 valence electrons. The number of hydrogen-bond donors (Lipinski definition) is 0. The maximum atomic E-state index is 5.92. The van der Waals surface area contributed by atoms with Crippen molar-refractivity contribution in [2.45, 2.75) is 38.3 Å². The van der Waals surface area contributed by atoms with Gasteiger partial charge in [0.05, 0.1) is 23.7 Å². The largest absolute Gasteiger partial charge is 0.376 e. The molecule has 0 aliphatic carbocycles. The molecule has 3 rings (SSSR count). The first-order valence-corrected chi connectivity index (χ1v) is 8.71. The average Bonchev–Trinajstić information content (AvgIpc) is 2.77. The number of halogens is 2. The van der Waals surface area contributed by atoms with Crippen molar-refractivity contribution in [3.05, 3.63) is 27.6 Å². The Labute approximate surface area is 137 Å². The van der Waals surface area contributed by atoms with E-state index in [0.29, 0.717) is 12.0 Å². The van der Waals surface area contributed by atoms with Crippen molar-refractivity contribution >= 4 is 45.2 Å². The Bertz CT molecular complexity index is 593. The summed E-state index contributed by atoms with van der Waals surface area (Å²) in [5, 5.41) is 0. The molecule has 1 atom stereocenters. The second-order valence-electron chi connectivity index (χ2n) is 5.20. The first-order valence-electron chi connectivity index (χ1n) is 7.10. The Kier molecular flexibility index (Phi) is 4.83. The topological polar surface area (TPSA) is 27.1 Å². The number of aromatic nitrogens is 2.